The summed E-state index contributed by atoms with van der Waals surface area (Å²) < 4.78 is 17.5. The van der Waals surface area contributed by atoms with E-state index in [2.05, 4.69) is 84.9 Å². The first kappa shape index (κ1) is 21.5. The lowest BCUT2D eigenvalue weighted by molar-refractivity contribution is 0.415. The fraction of sp³-hybridized carbons (Fsp3) is 0.0588. The van der Waals surface area contributed by atoms with E-state index in [0.717, 1.165) is 55.3 Å². The van der Waals surface area contributed by atoms with Crippen molar-refractivity contribution in [2.75, 3.05) is 14.2 Å². The number of fused-ring (bicyclic) bond motifs is 7. The van der Waals surface area contributed by atoms with Crippen LogP contribution in [0.5, 0.6) is 11.5 Å². The molecule has 6 aromatic carbocycles. The van der Waals surface area contributed by atoms with Gasteiger partial charge in [0.15, 0.2) is 0 Å². The van der Waals surface area contributed by atoms with E-state index in [0.29, 0.717) is 0 Å². The molecule has 0 aliphatic heterocycles. The molecule has 37 heavy (non-hydrogen) atoms. The molecule has 0 saturated heterocycles. The molecule has 0 fully saturated rings. The van der Waals surface area contributed by atoms with Crippen LogP contribution < -0.4 is 9.47 Å². The van der Waals surface area contributed by atoms with Gasteiger partial charge in [0.2, 0.25) is 0 Å². The van der Waals surface area contributed by atoms with E-state index < -0.39 is 0 Å². The van der Waals surface area contributed by atoms with Gasteiger partial charge < -0.3 is 13.9 Å². The zero-order valence-corrected chi connectivity index (χ0v) is 20.6. The van der Waals surface area contributed by atoms with Crippen molar-refractivity contribution in [1.82, 2.24) is 0 Å². The van der Waals surface area contributed by atoms with E-state index in [4.69, 9.17) is 13.9 Å². The van der Waals surface area contributed by atoms with Crippen molar-refractivity contribution < 1.29 is 13.9 Å². The Morgan fingerprint density at radius 2 is 0.811 bits per heavy atom. The van der Waals surface area contributed by atoms with Crippen LogP contribution in [-0.2, 0) is 0 Å². The molecule has 0 N–H and O–H groups in total. The van der Waals surface area contributed by atoms with Crippen molar-refractivity contribution in [3.8, 4) is 33.8 Å². The van der Waals surface area contributed by atoms with Crippen LogP contribution >= 0.6 is 0 Å². The van der Waals surface area contributed by atoms with Gasteiger partial charge in [0.1, 0.15) is 22.7 Å². The zero-order chi connectivity index (χ0) is 24.9. The second-order valence-corrected chi connectivity index (χ2v) is 9.25. The molecule has 0 unspecified atom stereocenters. The highest BCUT2D eigenvalue weighted by molar-refractivity contribution is 6.24. The van der Waals surface area contributed by atoms with Crippen LogP contribution in [0.25, 0.3) is 65.7 Å². The average molecular weight is 481 g/mol. The summed E-state index contributed by atoms with van der Waals surface area (Å²) in [5, 5.41) is 6.77. The first-order valence-electron chi connectivity index (χ1n) is 12.3. The second kappa shape index (κ2) is 8.42. The van der Waals surface area contributed by atoms with Gasteiger partial charge >= 0.3 is 0 Å². The third kappa shape index (κ3) is 3.35. The Bertz CT molecular complexity index is 1790. The van der Waals surface area contributed by atoms with E-state index in [1.807, 2.05) is 24.3 Å². The Morgan fingerprint density at radius 3 is 1.19 bits per heavy atom. The molecule has 0 amide bonds. The largest absolute Gasteiger partial charge is 0.497 e. The van der Waals surface area contributed by atoms with Gasteiger partial charge in [-0.3, -0.25) is 0 Å². The van der Waals surface area contributed by atoms with E-state index in [9.17, 15) is 0 Å². The number of rotatable bonds is 4. The van der Waals surface area contributed by atoms with Crippen LogP contribution in [0.2, 0.25) is 0 Å². The fourth-order valence-electron chi connectivity index (χ4n) is 5.44. The predicted octanol–water partition coefficient (Wildman–Crippen LogP) is 9.24. The lowest BCUT2D eigenvalue weighted by Crippen LogP contribution is -1.86. The van der Waals surface area contributed by atoms with Crippen LogP contribution in [0.3, 0.4) is 0 Å². The van der Waals surface area contributed by atoms with Gasteiger partial charge in [-0.05, 0) is 69.4 Å². The molecule has 0 saturated carbocycles. The van der Waals surface area contributed by atoms with Gasteiger partial charge in [0.05, 0.1) is 14.2 Å². The van der Waals surface area contributed by atoms with Crippen LogP contribution in [0.1, 0.15) is 0 Å². The molecule has 0 radical (unpaired) electrons. The monoisotopic (exact) mass is 480 g/mol. The van der Waals surface area contributed by atoms with E-state index in [1.54, 1.807) is 14.2 Å². The first-order chi connectivity index (χ1) is 18.2. The second-order valence-electron chi connectivity index (χ2n) is 9.25. The van der Waals surface area contributed by atoms with Crippen molar-refractivity contribution in [2.24, 2.45) is 0 Å². The fourth-order valence-corrected chi connectivity index (χ4v) is 5.44. The smallest absolute Gasteiger partial charge is 0.143 e. The number of ether oxygens (including phenoxy) is 2. The van der Waals surface area contributed by atoms with E-state index >= 15 is 0 Å². The number of hydrogen-bond donors (Lipinski definition) is 0. The summed E-state index contributed by atoms with van der Waals surface area (Å²) in [5.41, 5.74) is 6.47. The first-order valence-corrected chi connectivity index (χ1v) is 12.3. The highest BCUT2D eigenvalue weighted by atomic mass is 16.5. The molecular formula is C34H24O3. The molecular weight excluding hydrogens is 456 g/mol. The molecule has 0 atom stereocenters. The van der Waals surface area contributed by atoms with Crippen LogP contribution in [-0.4, -0.2) is 14.2 Å². The Morgan fingerprint density at radius 1 is 0.432 bits per heavy atom. The molecule has 3 heteroatoms. The quantitative estimate of drug-likeness (QED) is 0.252. The molecule has 0 aliphatic rings. The minimum absolute atomic E-state index is 0.846. The lowest BCUT2D eigenvalue weighted by atomic mass is 9.93. The topological polar surface area (TPSA) is 31.6 Å². The highest BCUT2D eigenvalue weighted by Gasteiger charge is 2.18. The zero-order valence-electron chi connectivity index (χ0n) is 20.6. The number of furan rings is 1. The molecule has 0 bridgehead atoms. The van der Waals surface area contributed by atoms with Crippen molar-refractivity contribution in [2.45, 2.75) is 0 Å². The Kier molecular flexibility index (Phi) is 4.90. The van der Waals surface area contributed by atoms with Crippen molar-refractivity contribution in [3.05, 3.63) is 109 Å². The molecule has 1 heterocycles. The molecule has 3 nitrogen and oxygen atoms in total. The van der Waals surface area contributed by atoms with E-state index in [1.165, 1.54) is 21.9 Å². The van der Waals surface area contributed by atoms with Gasteiger partial charge in [-0.15, -0.1) is 0 Å². The molecule has 0 spiro atoms. The van der Waals surface area contributed by atoms with Crippen LogP contribution in [0, 0.1) is 0 Å². The summed E-state index contributed by atoms with van der Waals surface area (Å²) in [6.45, 7) is 0. The molecule has 7 rings (SSSR count). The maximum atomic E-state index is 6.69. The Labute approximate surface area is 214 Å². The normalized spacial score (nSPS) is 11.5. The van der Waals surface area contributed by atoms with Gasteiger partial charge in [0.25, 0.3) is 0 Å². The summed E-state index contributed by atoms with van der Waals surface area (Å²) in [4.78, 5) is 0. The summed E-state index contributed by atoms with van der Waals surface area (Å²) in [7, 11) is 3.39. The average Bonchev–Trinajstić information content (AvgIpc) is 3.35. The molecule has 178 valence electrons. The van der Waals surface area contributed by atoms with Gasteiger partial charge in [0, 0.05) is 21.5 Å². The van der Waals surface area contributed by atoms with Crippen LogP contribution in [0.4, 0.5) is 0 Å². The number of hydrogen-bond acceptors (Lipinski definition) is 3. The van der Waals surface area contributed by atoms with Crippen molar-refractivity contribution in [1.29, 1.82) is 0 Å². The minimum Gasteiger partial charge on any atom is -0.497 e. The molecule has 0 aliphatic carbocycles. The third-order valence-electron chi connectivity index (χ3n) is 7.29. The third-order valence-corrected chi connectivity index (χ3v) is 7.29. The Balaban J connectivity index is 1.59. The highest BCUT2D eigenvalue weighted by Crippen LogP contribution is 2.44. The predicted molar refractivity (Wildman–Crippen MR) is 153 cm³/mol. The summed E-state index contributed by atoms with van der Waals surface area (Å²) in [6, 6.07) is 38.0. The number of benzene rings is 6. The van der Waals surface area contributed by atoms with Crippen molar-refractivity contribution >= 4 is 43.5 Å². The van der Waals surface area contributed by atoms with Gasteiger partial charge in [-0.25, -0.2) is 0 Å². The summed E-state index contributed by atoms with van der Waals surface area (Å²) in [6.07, 6.45) is 0. The molecule has 7 aromatic rings. The van der Waals surface area contributed by atoms with Crippen LogP contribution in [0.15, 0.2) is 114 Å². The lowest BCUT2D eigenvalue weighted by Gasteiger charge is -2.10. The molecule has 1 aromatic heterocycles. The Hall–Kier alpha value is -4.76. The maximum absolute atomic E-state index is 6.69. The standard InChI is InChI=1S/C34H24O3/c1-35-23-15-11-21(12-16-23)29-19-31-32-20-30(22-13-17-24(36-2)18-14-22)26-8-4-6-10-28(26)34(32)37-33(31)27-9-5-3-7-25(27)29/h3-20H,1-2H3. The minimum atomic E-state index is 0.846. The summed E-state index contributed by atoms with van der Waals surface area (Å²) in [5.74, 6) is 1.69. The maximum Gasteiger partial charge on any atom is 0.143 e. The van der Waals surface area contributed by atoms with Crippen molar-refractivity contribution in [3.63, 3.8) is 0 Å². The van der Waals surface area contributed by atoms with E-state index in [-0.39, 0.29) is 0 Å². The van der Waals surface area contributed by atoms with Gasteiger partial charge in [-0.2, -0.15) is 0 Å². The van der Waals surface area contributed by atoms with Gasteiger partial charge in [-0.1, -0.05) is 72.8 Å². The summed E-state index contributed by atoms with van der Waals surface area (Å²) >= 11 is 0. The number of methoxy groups -OCH3 is 2. The SMILES string of the molecule is COc1ccc(-c2cc3c4cc(-c5ccc(OC)cc5)c5ccccc5c4oc3c3ccccc23)cc1.